The third-order valence-electron chi connectivity index (χ3n) is 5.37. The molecule has 0 fully saturated rings. The largest absolute Gasteiger partial charge is 0.497 e. The molecule has 4 aromatic rings. The number of hydrogen-bond acceptors (Lipinski definition) is 4. The minimum absolute atomic E-state index is 0.0594. The Morgan fingerprint density at radius 3 is 2.77 bits per heavy atom. The third-order valence-corrected chi connectivity index (χ3v) is 5.37. The highest BCUT2D eigenvalue weighted by Gasteiger charge is 2.12. The van der Waals surface area contributed by atoms with Crippen molar-refractivity contribution in [3.8, 4) is 11.5 Å². The van der Waals surface area contributed by atoms with Crippen LogP contribution in [0.2, 0.25) is 0 Å². The molecule has 0 unspecified atom stereocenters. The number of aryl methyl sites for hydroxylation is 2. The predicted molar refractivity (Wildman–Crippen MR) is 118 cm³/mol. The van der Waals surface area contributed by atoms with E-state index in [0.717, 1.165) is 63.8 Å². The van der Waals surface area contributed by atoms with Crippen LogP contribution in [0.25, 0.3) is 21.8 Å². The first-order valence-corrected chi connectivity index (χ1v) is 10.1. The first kappa shape index (κ1) is 19.8. The van der Waals surface area contributed by atoms with Crippen LogP contribution in [0.4, 0.5) is 0 Å². The van der Waals surface area contributed by atoms with E-state index < -0.39 is 0 Å². The molecule has 7 heteroatoms. The molecule has 7 nitrogen and oxygen atoms in total. The van der Waals surface area contributed by atoms with Crippen molar-refractivity contribution in [1.29, 1.82) is 0 Å². The summed E-state index contributed by atoms with van der Waals surface area (Å²) >= 11 is 0. The number of aromatic nitrogens is 3. The number of nitrogens with zero attached hydrogens (tertiary/aromatic N) is 1. The second kappa shape index (κ2) is 8.49. The number of ether oxygens (including phenoxy) is 2. The summed E-state index contributed by atoms with van der Waals surface area (Å²) in [6.07, 6.45) is 4.24. The van der Waals surface area contributed by atoms with Gasteiger partial charge in [-0.05, 0) is 43.0 Å². The summed E-state index contributed by atoms with van der Waals surface area (Å²) in [6.45, 7) is 2.67. The predicted octanol–water partition coefficient (Wildman–Crippen LogP) is 3.99. The van der Waals surface area contributed by atoms with Crippen molar-refractivity contribution in [2.24, 2.45) is 0 Å². The molecular weight excluding hydrogens is 380 g/mol. The summed E-state index contributed by atoms with van der Waals surface area (Å²) in [5.74, 6) is 1.47. The fraction of sp³-hybridized carbons (Fsp3) is 0.304. The third kappa shape index (κ3) is 3.83. The number of H-pyrrole nitrogens is 2. The Morgan fingerprint density at radius 1 is 1.13 bits per heavy atom. The van der Waals surface area contributed by atoms with E-state index in [2.05, 4.69) is 33.5 Å². The van der Waals surface area contributed by atoms with Crippen LogP contribution >= 0.6 is 0 Å². The van der Waals surface area contributed by atoms with Gasteiger partial charge in [-0.2, -0.15) is 5.10 Å². The van der Waals surface area contributed by atoms with E-state index in [1.165, 1.54) is 0 Å². The molecular formula is C23H26N4O3. The Balaban J connectivity index is 1.38. The van der Waals surface area contributed by atoms with Gasteiger partial charge in [0, 0.05) is 40.7 Å². The standard InChI is InChI=1S/C23H26N4O3/c1-4-14-8-15(9-16-13-25-27-22(14)16)23(28)24-7-5-6-17-10-19-20(26-17)11-18(29-2)12-21(19)30-3/h8-13,26H,4-7H2,1-3H3,(H,24,28)(H,25,27). The lowest BCUT2D eigenvalue weighted by atomic mass is 10.0. The van der Waals surface area contributed by atoms with Crippen LogP contribution in [0.5, 0.6) is 11.5 Å². The Labute approximate surface area is 174 Å². The van der Waals surface area contributed by atoms with Crippen LogP contribution < -0.4 is 14.8 Å². The minimum Gasteiger partial charge on any atom is -0.497 e. The molecule has 0 saturated heterocycles. The van der Waals surface area contributed by atoms with Crippen molar-refractivity contribution in [3.63, 3.8) is 0 Å². The smallest absolute Gasteiger partial charge is 0.251 e. The number of amides is 1. The number of carbonyl (C=O) groups is 1. The van der Waals surface area contributed by atoms with E-state index in [4.69, 9.17) is 9.47 Å². The minimum atomic E-state index is -0.0594. The summed E-state index contributed by atoms with van der Waals surface area (Å²) in [5.41, 5.74) is 4.84. The van der Waals surface area contributed by atoms with Crippen LogP contribution in [0.15, 0.2) is 36.5 Å². The van der Waals surface area contributed by atoms with Crippen molar-refractivity contribution in [2.45, 2.75) is 26.2 Å². The monoisotopic (exact) mass is 406 g/mol. The van der Waals surface area contributed by atoms with Crippen LogP contribution in [0, 0.1) is 0 Å². The Kier molecular flexibility index (Phi) is 5.61. The number of benzene rings is 2. The van der Waals surface area contributed by atoms with Crippen LogP contribution in [0.3, 0.4) is 0 Å². The Morgan fingerprint density at radius 2 is 2.00 bits per heavy atom. The van der Waals surface area contributed by atoms with E-state index in [1.54, 1.807) is 20.4 Å². The van der Waals surface area contributed by atoms with Gasteiger partial charge in [0.15, 0.2) is 0 Å². The lowest BCUT2D eigenvalue weighted by molar-refractivity contribution is 0.0953. The van der Waals surface area contributed by atoms with Gasteiger partial charge in [0.2, 0.25) is 0 Å². The zero-order valence-corrected chi connectivity index (χ0v) is 17.5. The second-order valence-electron chi connectivity index (χ2n) is 7.27. The molecule has 3 N–H and O–H groups in total. The fourth-order valence-electron chi connectivity index (χ4n) is 3.78. The summed E-state index contributed by atoms with van der Waals surface area (Å²) in [4.78, 5) is 16.0. The molecule has 2 heterocycles. The zero-order chi connectivity index (χ0) is 21.1. The molecule has 0 aliphatic heterocycles. The fourth-order valence-corrected chi connectivity index (χ4v) is 3.78. The summed E-state index contributed by atoms with van der Waals surface area (Å²) < 4.78 is 10.8. The van der Waals surface area contributed by atoms with Crippen molar-refractivity contribution in [3.05, 3.63) is 53.3 Å². The van der Waals surface area contributed by atoms with Crippen molar-refractivity contribution in [1.82, 2.24) is 20.5 Å². The van der Waals surface area contributed by atoms with E-state index in [9.17, 15) is 4.79 Å². The van der Waals surface area contributed by atoms with Crippen molar-refractivity contribution < 1.29 is 14.3 Å². The molecule has 0 aliphatic rings. The molecule has 2 aromatic heterocycles. The average molecular weight is 406 g/mol. The molecule has 0 radical (unpaired) electrons. The molecule has 0 spiro atoms. The van der Waals surface area contributed by atoms with E-state index in [1.807, 2.05) is 24.3 Å². The molecule has 30 heavy (non-hydrogen) atoms. The lowest BCUT2D eigenvalue weighted by Gasteiger charge is -2.07. The number of rotatable bonds is 8. The van der Waals surface area contributed by atoms with Gasteiger partial charge in [-0.1, -0.05) is 6.92 Å². The molecule has 2 aromatic carbocycles. The van der Waals surface area contributed by atoms with Gasteiger partial charge >= 0.3 is 0 Å². The van der Waals surface area contributed by atoms with Gasteiger partial charge in [-0.3, -0.25) is 9.89 Å². The van der Waals surface area contributed by atoms with Crippen molar-refractivity contribution >= 4 is 27.7 Å². The highest BCUT2D eigenvalue weighted by Crippen LogP contribution is 2.31. The Bertz CT molecular complexity index is 1190. The van der Waals surface area contributed by atoms with Crippen LogP contribution in [-0.2, 0) is 12.8 Å². The molecule has 0 saturated carbocycles. The molecule has 1 amide bonds. The van der Waals surface area contributed by atoms with Crippen LogP contribution in [-0.4, -0.2) is 41.9 Å². The van der Waals surface area contributed by atoms with Crippen molar-refractivity contribution in [2.75, 3.05) is 20.8 Å². The topological polar surface area (TPSA) is 92.0 Å². The lowest BCUT2D eigenvalue weighted by Crippen LogP contribution is -2.24. The van der Waals surface area contributed by atoms with Gasteiger partial charge in [-0.15, -0.1) is 0 Å². The maximum absolute atomic E-state index is 12.6. The number of carbonyl (C=O) groups excluding carboxylic acids is 1. The Hall–Kier alpha value is -3.48. The average Bonchev–Trinajstić information content (AvgIpc) is 3.41. The second-order valence-corrected chi connectivity index (χ2v) is 7.27. The van der Waals surface area contributed by atoms with Gasteiger partial charge in [0.1, 0.15) is 11.5 Å². The normalized spacial score (nSPS) is 11.2. The molecule has 156 valence electrons. The number of aromatic amines is 2. The van der Waals surface area contributed by atoms with Gasteiger partial charge in [0.25, 0.3) is 5.91 Å². The van der Waals surface area contributed by atoms with E-state index >= 15 is 0 Å². The number of nitrogens with one attached hydrogen (secondary N) is 3. The first-order chi connectivity index (χ1) is 14.6. The van der Waals surface area contributed by atoms with Gasteiger partial charge in [0.05, 0.1) is 31.4 Å². The number of hydrogen-bond donors (Lipinski definition) is 3. The maximum Gasteiger partial charge on any atom is 0.251 e. The molecule has 0 atom stereocenters. The summed E-state index contributed by atoms with van der Waals surface area (Å²) in [5, 5.41) is 12.1. The number of methoxy groups -OCH3 is 2. The maximum atomic E-state index is 12.6. The highest BCUT2D eigenvalue weighted by molar-refractivity contribution is 5.98. The SMILES string of the molecule is CCc1cc(C(=O)NCCCc2cc3c(OC)cc(OC)cc3[nH]2)cc2cn[nH]c12. The summed E-state index contributed by atoms with van der Waals surface area (Å²) in [7, 11) is 3.29. The van der Waals surface area contributed by atoms with Crippen LogP contribution in [0.1, 0.15) is 35.0 Å². The van der Waals surface area contributed by atoms with E-state index in [0.29, 0.717) is 12.1 Å². The molecule has 0 bridgehead atoms. The first-order valence-electron chi connectivity index (χ1n) is 10.1. The molecule has 0 aliphatic carbocycles. The molecule has 4 rings (SSSR count). The zero-order valence-electron chi connectivity index (χ0n) is 17.5. The van der Waals surface area contributed by atoms with Gasteiger partial charge in [-0.25, -0.2) is 0 Å². The number of fused-ring (bicyclic) bond motifs is 2. The quantitative estimate of drug-likeness (QED) is 0.386. The summed E-state index contributed by atoms with van der Waals surface area (Å²) in [6, 6.07) is 9.75. The highest BCUT2D eigenvalue weighted by atomic mass is 16.5. The van der Waals surface area contributed by atoms with E-state index in [-0.39, 0.29) is 5.91 Å². The van der Waals surface area contributed by atoms with Gasteiger partial charge < -0.3 is 19.8 Å².